The van der Waals surface area contributed by atoms with Crippen LogP contribution in [0.5, 0.6) is 0 Å². The number of rotatable bonds is 4. The number of carbonyl (C=O) groups is 1. The lowest BCUT2D eigenvalue weighted by Gasteiger charge is -2.13. The Morgan fingerprint density at radius 1 is 1.85 bits per heavy atom. The zero-order chi connectivity index (χ0) is 9.84. The highest BCUT2D eigenvalue weighted by Gasteiger charge is 2.26. The molecule has 3 unspecified atom stereocenters. The van der Waals surface area contributed by atoms with E-state index in [1.54, 1.807) is 11.8 Å². The van der Waals surface area contributed by atoms with Crippen molar-refractivity contribution in [1.82, 2.24) is 0 Å². The van der Waals surface area contributed by atoms with E-state index in [9.17, 15) is 4.79 Å². The second kappa shape index (κ2) is 5.08. The van der Waals surface area contributed by atoms with E-state index in [1.807, 2.05) is 6.92 Å². The molecule has 5 heteroatoms. The molecule has 0 aliphatic carbocycles. The maximum absolute atomic E-state index is 10.4. The van der Waals surface area contributed by atoms with E-state index in [2.05, 4.69) is 0 Å². The van der Waals surface area contributed by atoms with Crippen molar-refractivity contribution >= 4 is 29.3 Å². The van der Waals surface area contributed by atoms with Crippen molar-refractivity contribution in [3.05, 3.63) is 0 Å². The van der Waals surface area contributed by atoms with E-state index in [-0.39, 0.29) is 6.10 Å². The number of hydrogen-bond donors (Lipinski definition) is 1. The molecule has 0 aromatic rings. The first kappa shape index (κ1) is 11.1. The average Bonchev–Trinajstić information content (AvgIpc) is 2.47. The van der Waals surface area contributed by atoms with Gasteiger partial charge in [0, 0.05) is 17.6 Å². The number of alkyl halides is 1. The van der Waals surface area contributed by atoms with Crippen LogP contribution in [-0.2, 0) is 9.53 Å². The zero-order valence-electron chi connectivity index (χ0n) is 7.40. The van der Waals surface area contributed by atoms with Gasteiger partial charge in [-0.15, -0.1) is 11.6 Å². The van der Waals surface area contributed by atoms with Crippen molar-refractivity contribution in [2.24, 2.45) is 0 Å². The zero-order valence-corrected chi connectivity index (χ0v) is 8.98. The first-order chi connectivity index (χ1) is 6.11. The summed E-state index contributed by atoms with van der Waals surface area (Å²) in [6.45, 7) is 2.79. The van der Waals surface area contributed by atoms with Gasteiger partial charge in [-0.2, -0.15) is 11.8 Å². The third kappa shape index (κ3) is 3.37. The number of carboxylic acids is 1. The summed E-state index contributed by atoms with van der Waals surface area (Å²) in [7, 11) is 0. The summed E-state index contributed by atoms with van der Waals surface area (Å²) in [5.74, 6) is -0.490. The summed E-state index contributed by atoms with van der Waals surface area (Å²) in [6.07, 6.45) is 1.22. The predicted octanol–water partition coefficient (Wildman–Crippen LogP) is 1.59. The quantitative estimate of drug-likeness (QED) is 0.737. The number of ether oxygens (including phenoxy) is 1. The van der Waals surface area contributed by atoms with Crippen molar-refractivity contribution in [2.45, 2.75) is 30.1 Å². The normalized spacial score (nSPS) is 30.3. The number of aliphatic carboxylic acids is 1. The van der Waals surface area contributed by atoms with Crippen LogP contribution in [0.25, 0.3) is 0 Å². The van der Waals surface area contributed by atoms with Gasteiger partial charge in [-0.1, -0.05) is 0 Å². The molecule has 1 fully saturated rings. The van der Waals surface area contributed by atoms with Crippen molar-refractivity contribution < 1.29 is 14.6 Å². The third-order valence-corrected chi connectivity index (χ3v) is 4.13. The molecule has 1 saturated heterocycles. The van der Waals surface area contributed by atoms with Gasteiger partial charge in [-0.3, -0.25) is 4.79 Å². The molecule has 0 spiro atoms. The first-order valence-corrected chi connectivity index (χ1v) is 5.70. The number of hydrogen-bond acceptors (Lipinski definition) is 3. The lowest BCUT2D eigenvalue weighted by atomic mass is 10.3. The lowest BCUT2D eigenvalue weighted by molar-refractivity contribution is -0.136. The minimum Gasteiger partial charge on any atom is -0.480 e. The molecular formula is C8H13ClO3S. The van der Waals surface area contributed by atoms with Gasteiger partial charge < -0.3 is 9.84 Å². The molecule has 1 aliphatic heterocycles. The summed E-state index contributed by atoms with van der Waals surface area (Å²) in [6, 6.07) is 0. The highest BCUT2D eigenvalue weighted by Crippen LogP contribution is 2.27. The molecular weight excluding hydrogens is 212 g/mol. The van der Waals surface area contributed by atoms with Crippen molar-refractivity contribution in [1.29, 1.82) is 0 Å². The minimum absolute atomic E-state index is 0.225. The molecule has 1 N–H and O–H groups in total. The van der Waals surface area contributed by atoms with Crippen LogP contribution in [0.1, 0.15) is 13.3 Å². The minimum atomic E-state index is -0.944. The number of carboxylic acid groups (broad SMARTS) is 1. The molecule has 0 bridgehead atoms. The van der Waals surface area contributed by atoms with Gasteiger partial charge in [-0.25, -0.2) is 0 Å². The van der Waals surface area contributed by atoms with E-state index in [0.717, 1.165) is 13.0 Å². The average molecular weight is 225 g/mol. The second-order valence-electron chi connectivity index (χ2n) is 3.04. The van der Waals surface area contributed by atoms with Gasteiger partial charge in [0.2, 0.25) is 0 Å². The van der Waals surface area contributed by atoms with Crippen molar-refractivity contribution in [3.63, 3.8) is 0 Å². The van der Waals surface area contributed by atoms with Crippen LogP contribution in [0.2, 0.25) is 0 Å². The Balaban J connectivity index is 2.22. The van der Waals surface area contributed by atoms with Gasteiger partial charge in [0.05, 0.1) is 6.10 Å². The number of thioether (sulfide) groups is 1. The van der Waals surface area contributed by atoms with Crippen LogP contribution in [0.15, 0.2) is 0 Å². The molecule has 3 atom stereocenters. The molecule has 3 nitrogen and oxygen atoms in total. The highest BCUT2D eigenvalue weighted by molar-refractivity contribution is 8.00. The standard InChI is InChI=1S/C8H13ClO3S/c1-5-7(2-3-12-5)13-4-6(9)8(10)11/h5-7H,2-4H2,1H3,(H,10,11). The molecule has 1 aliphatic rings. The summed E-state index contributed by atoms with van der Waals surface area (Å²) < 4.78 is 5.35. The van der Waals surface area contributed by atoms with Crippen LogP contribution >= 0.6 is 23.4 Å². The Labute approximate surface area is 86.8 Å². The molecule has 76 valence electrons. The monoisotopic (exact) mass is 224 g/mol. The molecule has 0 aromatic carbocycles. The molecule has 0 amide bonds. The Morgan fingerprint density at radius 2 is 2.54 bits per heavy atom. The fourth-order valence-electron chi connectivity index (χ4n) is 1.21. The molecule has 13 heavy (non-hydrogen) atoms. The van der Waals surface area contributed by atoms with Gasteiger partial charge in [0.25, 0.3) is 0 Å². The maximum atomic E-state index is 10.4. The van der Waals surface area contributed by atoms with Gasteiger partial charge in [-0.05, 0) is 13.3 Å². The third-order valence-electron chi connectivity index (χ3n) is 2.03. The fourth-order valence-corrected chi connectivity index (χ4v) is 2.60. The second-order valence-corrected chi connectivity index (χ2v) is 4.84. The SMILES string of the molecule is CC1OCCC1SCC(Cl)C(=O)O. The summed E-state index contributed by atoms with van der Waals surface area (Å²) in [5, 5.41) is 8.17. The van der Waals surface area contributed by atoms with Gasteiger partial charge in [0.1, 0.15) is 5.38 Å². The predicted molar refractivity (Wildman–Crippen MR) is 53.6 cm³/mol. The Bertz CT molecular complexity index is 188. The molecule has 0 aromatic heterocycles. The van der Waals surface area contributed by atoms with E-state index in [1.165, 1.54) is 0 Å². The Morgan fingerprint density at radius 3 is 3.00 bits per heavy atom. The summed E-state index contributed by atoms with van der Waals surface area (Å²) in [5.41, 5.74) is 0. The molecule has 0 radical (unpaired) electrons. The van der Waals surface area contributed by atoms with E-state index in [4.69, 9.17) is 21.4 Å². The largest absolute Gasteiger partial charge is 0.480 e. The van der Waals surface area contributed by atoms with Crippen LogP contribution in [0, 0.1) is 0 Å². The summed E-state index contributed by atoms with van der Waals surface area (Å²) in [4.78, 5) is 10.4. The smallest absolute Gasteiger partial charge is 0.322 e. The molecule has 1 rings (SSSR count). The van der Waals surface area contributed by atoms with Gasteiger partial charge in [0.15, 0.2) is 0 Å². The molecule has 1 heterocycles. The lowest BCUT2D eigenvalue weighted by Crippen LogP contribution is -2.20. The van der Waals surface area contributed by atoms with E-state index < -0.39 is 11.3 Å². The topological polar surface area (TPSA) is 46.5 Å². The van der Waals surface area contributed by atoms with Crippen LogP contribution in [0.3, 0.4) is 0 Å². The first-order valence-electron chi connectivity index (χ1n) is 4.21. The maximum Gasteiger partial charge on any atom is 0.322 e. The van der Waals surface area contributed by atoms with Crippen LogP contribution < -0.4 is 0 Å². The summed E-state index contributed by atoms with van der Waals surface area (Å²) >= 11 is 7.17. The van der Waals surface area contributed by atoms with Crippen molar-refractivity contribution in [3.8, 4) is 0 Å². The Hall–Kier alpha value is 0.0700. The Kier molecular flexibility index (Phi) is 4.35. The fraction of sp³-hybridized carbons (Fsp3) is 0.875. The van der Waals surface area contributed by atoms with Crippen LogP contribution in [0.4, 0.5) is 0 Å². The van der Waals surface area contributed by atoms with Crippen molar-refractivity contribution in [2.75, 3.05) is 12.4 Å². The highest BCUT2D eigenvalue weighted by atomic mass is 35.5. The van der Waals surface area contributed by atoms with E-state index in [0.29, 0.717) is 11.0 Å². The van der Waals surface area contributed by atoms with Gasteiger partial charge >= 0.3 is 5.97 Å². The number of halogens is 1. The van der Waals surface area contributed by atoms with E-state index >= 15 is 0 Å². The van der Waals surface area contributed by atoms with Crippen LogP contribution in [-0.4, -0.2) is 40.2 Å². The molecule has 0 saturated carbocycles.